The molecule has 3 rings (SSSR count). The molecule has 1 aromatic rings. The molecule has 2 unspecified atom stereocenters. The number of benzene rings is 1. The molecule has 2 aliphatic heterocycles. The topological polar surface area (TPSA) is 89.1 Å². The Morgan fingerprint density at radius 2 is 2.05 bits per heavy atom. The Kier molecular flexibility index (Phi) is 2.81. The highest BCUT2D eigenvalue weighted by molar-refractivity contribution is 8.16. The lowest BCUT2D eigenvalue weighted by Gasteiger charge is -2.28. The zero-order valence-electron chi connectivity index (χ0n) is 10.8. The molecule has 0 aromatic heterocycles. The molecule has 0 saturated heterocycles. The van der Waals surface area contributed by atoms with Gasteiger partial charge in [-0.2, -0.15) is 0 Å². The van der Waals surface area contributed by atoms with Gasteiger partial charge in [-0.1, -0.05) is 30.0 Å². The molecule has 2 heterocycles. The van der Waals surface area contributed by atoms with Gasteiger partial charge in [-0.05, 0) is 25.0 Å². The fraction of sp³-hybridized carbons (Fsp3) is 0.308. The van der Waals surface area contributed by atoms with Crippen LogP contribution >= 0.6 is 11.8 Å². The lowest BCUT2D eigenvalue weighted by molar-refractivity contribution is 0.642. The molecular weight excluding hydrogens is 258 g/mol. The van der Waals surface area contributed by atoms with E-state index in [4.69, 9.17) is 11.5 Å². The summed E-state index contributed by atoms with van der Waals surface area (Å²) >= 11 is 1.41. The third-order valence-electron chi connectivity index (χ3n) is 3.44. The second kappa shape index (κ2) is 4.26. The molecule has 6 heteroatoms. The van der Waals surface area contributed by atoms with Crippen LogP contribution in [0, 0.1) is 13.8 Å². The van der Waals surface area contributed by atoms with Gasteiger partial charge >= 0.3 is 0 Å². The fourth-order valence-corrected chi connectivity index (χ4v) is 2.97. The summed E-state index contributed by atoms with van der Waals surface area (Å²) < 4.78 is 0. The SMILES string of the molecule is Cc1ccc(C2(N)N=CN=C3SC(N)N=C32)cc1C. The van der Waals surface area contributed by atoms with Crippen LogP contribution in [0.1, 0.15) is 16.7 Å². The molecule has 19 heavy (non-hydrogen) atoms. The molecule has 2 atom stereocenters. The molecule has 0 spiro atoms. The third kappa shape index (κ3) is 1.92. The smallest absolute Gasteiger partial charge is 0.180 e. The van der Waals surface area contributed by atoms with Crippen LogP contribution in [-0.2, 0) is 5.66 Å². The van der Waals surface area contributed by atoms with Crippen LogP contribution in [0.25, 0.3) is 0 Å². The van der Waals surface area contributed by atoms with Crippen LogP contribution in [-0.4, -0.2) is 22.6 Å². The van der Waals surface area contributed by atoms with Crippen LogP contribution in [0.4, 0.5) is 0 Å². The fourth-order valence-electron chi connectivity index (χ4n) is 2.16. The number of nitrogens with zero attached hydrogens (tertiary/aromatic N) is 3. The van der Waals surface area contributed by atoms with Crippen LogP contribution in [0.3, 0.4) is 0 Å². The van der Waals surface area contributed by atoms with Gasteiger partial charge in [0, 0.05) is 5.56 Å². The van der Waals surface area contributed by atoms with Crippen LogP contribution in [0.15, 0.2) is 33.2 Å². The number of aliphatic imine (C=N–C) groups is 3. The number of thioether (sulfide) groups is 1. The standard InChI is InChI=1S/C13H15N5S/c1-7-3-4-9(5-8(7)2)13(15)10-11(16-6-17-13)19-12(14)18-10/h3-6,12H,14-15H2,1-2H3. The Balaban J connectivity index is 2.12. The Labute approximate surface area is 115 Å². The van der Waals surface area contributed by atoms with E-state index in [1.165, 1.54) is 29.2 Å². The van der Waals surface area contributed by atoms with Gasteiger partial charge < -0.3 is 5.73 Å². The number of aryl methyl sites for hydroxylation is 2. The van der Waals surface area contributed by atoms with E-state index in [9.17, 15) is 0 Å². The molecule has 5 nitrogen and oxygen atoms in total. The third-order valence-corrected chi connectivity index (χ3v) is 4.30. The molecule has 1 aromatic carbocycles. The molecule has 0 bridgehead atoms. The Morgan fingerprint density at radius 1 is 1.26 bits per heavy atom. The van der Waals surface area contributed by atoms with Crippen molar-refractivity contribution in [2.45, 2.75) is 25.0 Å². The van der Waals surface area contributed by atoms with Crippen molar-refractivity contribution in [3.8, 4) is 0 Å². The maximum atomic E-state index is 6.47. The Hall–Kier alpha value is -1.50. The van der Waals surface area contributed by atoms with Crippen LogP contribution < -0.4 is 11.5 Å². The van der Waals surface area contributed by atoms with Crippen LogP contribution in [0.5, 0.6) is 0 Å². The van der Waals surface area contributed by atoms with Gasteiger partial charge in [0.05, 0.1) is 0 Å². The molecule has 0 radical (unpaired) electrons. The zero-order chi connectivity index (χ0) is 13.6. The van der Waals surface area contributed by atoms with E-state index in [1.54, 1.807) is 0 Å². The van der Waals surface area contributed by atoms with Crippen molar-refractivity contribution in [3.63, 3.8) is 0 Å². The molecule has 0 aliphatic carbocycles. The van der Waals surface area contributed by atoms with Crippen molar-refractivity contribution in [1.29, 1.82) is 0 Å². The molecule has 0 fully saturated rings. The van der Waals surface area contributed by atoms with E-state index in [0.29, 0.717) is 5.71 Å². The van der Waals surface area contributed by atoms with E-state index in [-0.39, 0.29) is 5.50 Å². The number of rotatable bonds is 1. The summed E-state index contributed by atoms with van der Waals surface area (Å²) in [6.45, 7) is 4.12. The van der Waals surface area contributed by atoms with E-state index in [1.807, 2.05) is 18.2 Å². The molecule has 98 valence electrons. The predicted molar refractivity (Wildman–Crippen MR) is 80.7 cm³/mol. The van der Waals surface area contributed by atoms with E-state index < -0.39 is 5.66 Å². The summed E-state index contributed by atoms with van der Waals surface area (Å²) in [5, 5.41) is 0.767. The molecule has 0 saturated carbocycles. The summed E-state index contributed by atoms with van der Waals surface area (Å²) in [5.74, 6) is 0. The van der Waals surface area contributed by atoms with Crippen LogP contribution in [0.2, 0.25) is 0 Å². The Bertz CT molecular complexity index is 634. The summed E-state index contributed by atoms with van der Waals surface area (Å²) in [6, 6.07) is 6.08. The first-order valence-electron chi connectivity index (χ1n) is 6.00. The second-order valence-corrected chi connectivity index (χ2v) is 5.84. The van der Waals surface area contributed by atoms with Crippen molar-refractivity contribution < 1.29 is 0 Å². The molecule has 0 amide bonds. The number of nitrogens with two attached hydrogens (primary N) is 2. The zero-order valence-corrected chi connectivity index (χ0v) is 11.6. The normalized spacial score (nSPS) is 28.9. The van der Waals surface area contributed by atoms with Gasteiger partial charge in [-0.3, -0.25) is 10.7 Å². The molecular formula is C13H15N5S. The number of hydrogen-bond acceptors (Lipinski definition) is 6. The predicted octanol–water partition coefficient (Wildman–Crippen LogP) is 1.29. The highest BCUT2D eigenvalue weighted by Gasteiger charge is 2.41. The van der Waals surface area contributed by atoms with Gasteiger partial charge in [0.15, 0.2) is 11.2 Å². The summed E-state index contributed by atoms with van der Waals surface area (Å²) in [5.41, 5.74) is 15.0. The second-order valence-electron chi connectivity index (χ2n) is 4.73. The average Bonchev–Trinajstić information content (AvgIpc) is 2.75. The summed E-state index contributed by atoms with van der Waals surface area (Å²) in [4.78, 5) is 12.9. The van der Waals surface area contributed by atoms with Crippen molar-refractivity contribution in [3.05, 3.63) is 34.9 Å². The van der Waals surface area contributed by atoms with Gasteiger partial charge in [0.25, 0.3) is 0 Å². The van der Waals surface area contributed by atoms with E-state index >= 15 is 0 Å². The van der Waals surface area contributed by atoms with Crippen molar-refractivity contribution in [1.82, 2.24) is 0 Å². The number of fused-ring (bicyclic) bond motifs is 1. The first kappa shape index (κ1) is 12.5. The van der Waals surface area contributed by atoms with Crippen molar-refractivity contribution >= 4 is 28.9 Å². The quantitative estimate of drug-likeness (QED) is 0.808. The first-order chi connectivity index (χ1) is 9.00. The number of hydrogen-bond donors (Lipinski definition) is 2. The van der Waals surface area contributed by atoms with Gasteiger partial charge in [0.2, 0.25) is 0 Å². The largest absolute Gasteiger partial charge is 0.301 e. The summed E-state index contributed by atoms with van der Waals surface area (Å²) in [7, 11) is 0. The van der Waals surface area contributed by atoms with Gasteiger partial charge in [-0.15, -0.1) is 0 Å². The minimum absolute atomic E-state index is 0.343. The van der Waals surface area contributed by atoms with Crippen molar-refractivity contribution in [2.24, 2.45) is 26.4 Å². The highest BCUT2D eigenvalue weighted by Crippen LogP contribution is 2.33. The summed E-state index contributed by atoms with van der Waals surface area (Å²) in [6.07, 6.45) is 1.49. The van der Waals surface area contributed by atoms with E-state index in [0.717, 1.165) is 10.6 Å². The van der Waals surface area contributed by atoms with Gasteiger partial charge in [0.1, 0.15) is 17.1 Å². The minimum atomic E-state index is -0.976. The first-order valence-corrected chi connectivity index (χ1v) is 6.87. The molecule has 4 N–H and O–H groups in total. The average molecular weight is 273 g/mol. The Morgan fingerprint density at radius 3 is 2.79 bits per heavy atom. The lowest BCUT2D eigenvalue weighted by atomic mass is 9.92. The molecule has 2 aliphatic rings. The van der Waals surface area contributed by atoms with E-state index in [2.05, 4.69) is 28.8 Å². The lowest BCUT2D eigenvalue weighted by Crippen LogP contribution is -2.47. The van der Waals surface area contributed by atoms with Gasteiger partial charge in [-0.25, -0.2) is 9.98 Å². The maximum Gasteiger partial charge on any atom is 0.180 e. The van der Waals surface area contributed by atoms with Crippen molar-refractivity contribution in [2.75, 3.05) is 0 Å². The highest BCUT2D eigenvalue weighted by atomic mass is 32.2. The monoisotopic (exact) mass is 273 g/mol. The minimum Gasteiger partial charge on any atom is -0.301 e. The maximum absolute atomic E-state index is 6.47.